The molecule has 178 valence electrons. The van der Waals surface area contributed by atoms with Gasteiger partial charge in [-0.25, -0.2) is 8.78 Å². The fourth-order valence-corrected chi connectivity index (χ4v) is 4.47. The minimum Gasteiger partial charge on any atom is -0.494 e. The normalized spacial score (nSPS) is 14.2. The number of hydrogen-bond acceptors (Lipinski definition) is 4. The number of carbonyl (C=O) groups excluding carboxylic acids is 1. The number of methoxy groups -OCH3 is 1. The van der Waals surface area contributed by atoms with Gasteiger partial charge in [-0.15, -0.1) is 0 Å². The predicted octanol–water partition coefficient (Wildman–Crippen LogP) is 5.09. The van der Waals surface area contributed by atoms with E-state index in [9.17, 15) is 18.4 Å². The van der Waals surface area contributed by atoms with Gasteiger partial charge < -0.3 is 19.5 Å². The lowest BCUT2D eigenvalue weighted by Gasteiger charge is -2.33. The summed E-state index contributed by atoms with van der Waals surface area (Å²) in [5.74, 6) is -0.838. The van der Waals surface area contributed by atoms with Gasteiger partial charge in [-0.3, -0.25) is 9.59 Å². The Bertz CT molecular complexity index is 1270. The van der Waals surface area contributed by atoms with E-state index in [2.05, 4.69) is 5.32 Å². The van der Waals surface area contributed by atoms with Crippen molar-refractivity contribution in [2.75, 3.05) is 25.5 Å². The number of halogens is 3. The highest BCUT2D eigenvalue weighted by Gasteiger charge is 2.28. The highest BCUT2D eigenvalue weighted by Crippen LogP contribution is 2.33. The summed E-state index contributed by atoms with van der Waals surface area (Å²) in [5, 5.41) is 2.85. The van der Waals surface area contributed by atoms with Gasteiger partial charge in [-0.05, 0) is 48.6 Å². The van der Waals surface area contributed by atoms with Gasteiger partial charge in [0.1, 0.15) is 10.8 Å². The van der Waals surface area contributed by atoms with Gasteiger partial charge in [-0.2, -0.15) is 0 Å². The van der Waals surface area contributed by atoms with Crippen LogP contribution in [-0.4, -0.2) is 35.6 Å². The van der Waals surface area contributed by atoms with Crippen LogP contribution in [0, 0.1) is 11.6 Å². The molecule has 0 bridgehead atoms. The molecule has 9 heteroatoms. The van der Waals surface area contributed by atoms with Crippen LogP contribution in [0.2, 0.25) is 5.02 Å². The molecule has 4 rings (SSSR count). The summed E-state index contributed by atoms with van der Waals surface area (Å²) >= 11 is 6.35. The molecule has 0 atom stereocenters. The third kappa shape index (κ3) is 4.77. The van der Waals surface area contributed by atoms with Gasteiger partial charge in [0.2, 0.25) is 0 Å². The summed E-state index contributed by atoms with van der Waals surface area (Å²) < 4.78 is 33.3. The van der Waals surface area contributed by atoms with Gasteiger partial charge in [0.15, 0.2) is 11.6 Å². The van der Waals surface area contributed by atoms with E-state index in [1.165, 1.54) is 55.3 Å². The number of ether oxygens (including phenoxy) is 1. The zero-order valence-electron chi connectivity index (χ0n) is 18.8. The molecule has 2 aromatic carbocycles. The summed E-state index contributed by atoms with van der Waals surface area (Å²) in [6, 6.07) is 10.6. The third-order valence-electron chi connectivity index (χ3n) is 6.09. The van der Waals surface area contributed by atoms with Crippen LogP contribution < -0.4 is 15.6 Å². The van der Waals surface area contributed by atoms with E-state index in [0.717, 1.165) is 18.4 Å². The maximum atomic E-state index is 13.8. The SMILES string of the molecule is COc1cc(Nc2c(C(=O)N3CCC(c4ccc(F)cc4)CC3)cn(C)c(=O)c2Cl)ccc1F. The molecule has 0 spiro atoms. The van der Waals surface area contributed by atoms with Crippen molar-refractivity contribution in [2.24, 2.45) is 7.05 Å². The molecule has 1 aliphatic heterocycles. The van der Waals surface area contributed by atoms with Crippen molar-refractivity contribution in [1.82, 2.24) is 9.47 Å². The van der Waals surface area contributed by atoms with Crippen molar-refractivity contribution >= 4 is 28.9 Å². The molecule has 0 radical (unpaired) electrons. The summed E-state index contributed by atoms with van der Waals surface area (Å²) in [4.78, 5) is 27.7. The second kappa shape index (κ2) is 9.85. The maximum Gasteiger partial charge on any atom is 0.271 e. The van der Waals surface area contributed by atoms with Gasteiger partial charge in [0, 0.05) is 38.1 Å². The van der Waals surface area contributed by atoms with E-state index in [0.29, 0.717) is 18.8 Å². The Morgan fingerprint density at radius 3 is 2.44 bits per heavy atom. The quantitative estimate of drug-likeness (QED) is 0.544. The fraction of sp³-hybridized carbons (Fsp3) is 0.280. The summed E-state index contributed by atoms with van der Waals surface area (Å²) in [7, 11) is 2.87. The number of benzene rings is 2. The van der Waals surface area contributed by atoms with Crippen LogP contribution in [-0.2, 0) is 7.05 Å². The molecule has 6 nitrogen and oxygen atoms in total. The third-order valence-corrected chi connectivity index (χ3v) is 6.44. The first kappa shape index (κ1) is 23.8. The smallest absolute Gasteiger partial charge is 0.271 e. The second-order valence-electron chi connectivity index (χ2n) is 8.24. The van der Waals surface area contributed by atoms with Gasteiger partial charge in [0.05, 0.1) is 18.4 Å². The lowest BCUT2D eigenvalue weighted by Crippen LogP contribution is -2.39. The maximum absolute atomic E-state index is 13.8. The number of amides is 1. The highest BCUT2D eigenvalue weighted by molar-refractivity contribution is 6.34. The van der Waals surface area contributed by atoms with Crippen molar-refractivity contribution in [3.63, 3.8) is 0 Å². The molecule has 34 heavy (non-hydrogen) atoms. The second-order valence-corrected chi connectivity index (χ2v) is 8.62. The largest absolute Gasteiger partial charge is 0.494 e. The van der Waals surface area contributed by atoms with Gasteiger partial charge in [-0.1, -0.05) is 23.7 Å². The van der Waals surface area contributed by atoms with E-state index in [1.54, 1.807) is 17.0 Å². The monoisotopic (exact) mass is 487 g/mol. The van der Waals surface area contributed by atoms with Crippen LogP contribution in [0.1, 0.15) is 34.7 Å². The number of piperidine rings is 1. The van der Waals surface area contributed by atoms with Crippen LogP contribution in [0.5, 0.6) is 5.75 Å². The highest BCUT2D eigenvalue weighted by atomic mass is 35.5. The zero-order valence-corrected chi connectivity index (χ0v) is 19.5. The molecule has 0 aliphatic carbocycles. The molecule has 1 N–H and O–H groups in total. The van der Waals surface area contributed by atoms with Crippen molar-refractivity contribution in [2.45, 2.75) is 18.8 Å². The standard InChI is InChI=1S/C25H24ClF2N3O3/c1-30-14-19(23(22(26)25(30)33)29-18-7-8-20(28)21(13-18)34-2)24(32)31-11-9-16(10-12-31)15-3-5-17(27)6-4-15/h3-8,13-14,16,29H,9-12H2,1-2H3. The van der Waals surface area contributed by atoms with Crippen LogP contribution in [0.3, 0.4) is 0 Å². The number of aryl methyl sites for hydroxylation is 1. The first-order chi connectivity index (χ1) is 16.3. The average molecular weight is 488 g/mol. The minimum absolute atomic E-state index is 0.0145. The Balaban J connectivity index is 1.59. The van der Waals surface area contributed by atoms with Crippen LogP contribution in [0.25, 0.3) is 0 Å². The number of hydrogen-bond donors (Lipinski definition) is 1. The molecule has 1 aromatic heterocycles. The van der Waals surface area contributed by atoms with Gasteiger partial charge >= 0.3 is 0 Å². The molecular formula is C25H24ClF2N3O3. The Hall–Kier alpha value is -3.39. The number of nitrogens with zero attached hydrogens (tertiary/aromatic N) is 2. The number of anilines is 2. The molecule has 1 saturated heterocycles. The number of carbonyl (C=O) groups is 1. The summed E-state index contributed by atoms with van der Waals surface area (Å²) in [6.45, 7) is 1.01. The minimum atomic E-state index is -0.538. The number of rotatable bonds is 5. The van der Waals surface area contributed by atoms with Crippen LogP contribution >= 0.6 is 11.6 Å². The average Bonchev–Trinajstić information content (AvgIpc) is 2.85. The Morgan fingerprint density at radius 1 is 1.12 bits per heavy atom. The molecule has 0 unspecified atom stereocenters. The van der Waals surface area contributed by atoms with Crippen LogP contribution in [0.15, 0.2) is 53.5 Å². The van der Waals surface area contributed by atoms with E-state index in [-0.39, 0.29) is 39.7 Å². The number of likely N-dealkylation sites (tertiary alicyclic amines) is 1. The van der Waals surface area contributed by atoms with Crippen molar-refractivity contribution < 1.29 is 18.3 Å². The topological polar surface area (TPSA) is 63.6 Å². The summed E-state index contributed by atoms with van der Waals surface area (Å²) in [6.07, 6.45) is 2.91. The van der Waals surface area contributed by atoms with E-state index >= 15 is 0 Å². The first-order valence-electron chi connectivity index (χ1n) is 10.8. The Kier molecular flexibility index (Phi) is 6.88. The fourth-order valence-electron chi connectivity index (χ4n) is 4.18. The van der Waals surface area contributed by atoms with Crippen LogP contribution in [0.4, 0.5) is 20.2 Å². The molecule has 0 saturated carbocycles. The zero-order chi connectivity index (χ0) is 24.4. The Labute approximate surface area is 200 Å². The Morgan fingerprint density at radius 2 is 1.79 bits per heavy atom. The number of pyridine rings is 1. The number of aromatic nitrogens is 1. The lowest BCUT2D eigenvalue weighted by molar-refractivity contribution is 0.0713. The van der Waals surface area contributed by atoms with Gasteiger partial charge in [0.25, 0.3) is 11.5 Å². The lowest BCUT2D eigenvalue weighted by atomic mass is 9.89. The van der Waals surface area contributed by atoms with E-state index < -0.39 is 11.4 Å². The van der Waals surface area contributed by atoms with Crippen molar-refractivity contribution in [3.05, 3.63) is 86.8 Å². The van der Waals surface area contributed by atoms with Crippen molar-refractivity contribution in [3.8, 4) is 5.75 Å². The molecule has 1 aliphatic rings. The molecular weight excluding hydrogens is 464 g/mol. The first-order valence-corrected chi connectivity index (χ1v) is 11.2. The molecule has 1 fully saturated rings. The predicted molar refractivity (Wildman–Crippen MR) is 127 cm³/mol. The van der Waals surface area contributed by atoms with Crippen molar-refractivity contribution in [1.29, 1.82) is 0 Å². The van der Waals surface area contributed by atoms with E-state index in [4.69, 9.17) is 16.3 Å². The number of nitrogens with one attached hydrogen (secondary N) is 1. The molecule has 2 heterocycles. The van der Waals surface area contributed by atoms with E-state index in [1.807, 2.05) is 0 Å². The summed E-state index contributed by atoms with van der Waals surface area (Å²) in [5.41, 5.74) is 1.38. The molecule has 1 amide bonds. The molecule has 3 aromatic rings.